The number of ether oxygens (including phenoxy) is 2. The third kappa shape index (κ3) is 5.92. The summed E-state index contributed by atoms with van der Waals surface area (Å²) in [5.74, 6) is -0.427. The first-order valence-corrected chi connectivity index (χ1v) is 11.9. The number of halogens is 1. The third-order valence-electron chi connectivity index (χ3n) is 5.27. The minimum absolute atomic E-state index is 0.0776. The number of hydrogen-bond donors (Lipinski definition) is 2. The maximum atomic E-state index is 13.0. The molecular weight excluding hydrogens is 500 g/mol. The van der Waals surface area contributed by atoms with Crippen LogP contribution in [0.3, 0.4) is 0 Å². The van der Waals surface area contributed by atoms with Gasteiger partial charge in [-0.15, -0.1) is 0 Å². The average Bonchev–Trinajstić information content (AvgIpc) is 3.43. The van der Waals surface area contributed by atoms with Crippen LogP contribution >= 0.6 is 11.6 Å². The highest BCUT2D eigenvalue weighted by molar-refractivity contribution is 6.29. The fourth-order valence-corrected chi connectivity index (χ4v) is 3.85. The summed E-state index contributed by atoms with van der Waals surface area (Å²) < 4.78 is 14.4. The summed E-state index contributed by atoms with van der Waals surface area (Å²) in [5.41, 5.74) is 8.23. The van der Waals surface area contributed by atoms with Gasteiger partial charge in [0.1, 0.15) is 11.2 Å². The Morgan fingerprint density at radius 2 is 2.00 bits per heavy atom. The third-order valence-corrected chi connectivity index (χ3v) is 5.45. The Labute approximate surface area is 218 Å². The van der Waals surface area contributed by atoms with Gasteiger partial charge in [0, 0.05) is 49.0 Å². The van der Waals surface area contributed by atoms with Gasteiger partial charge in [0.25, 0.3) is 5.91 Å². The predicted molar refractivity (Wildman–Crippen MR) is 139 cm³/mol. The first kappa shape index (κ1) is 26.2. The molecule has 0 radical (unpaired) electrons. The molecule has 3 N–H and O–H groups in total. The Hall–Kier alpha value is -3.90. The highest BCUT2D eigenvalue weighted by Crippen LogP contribution is 2.25. The van der Waals surface area contributed by atoms with Gasteiger partial charge in [-0.25, -0.2) is 19.3 Å². The lowest BCUT2D eigenvalue weighted by molar-refractivity contribution is 0.0589. The van der Waals surface area contributed by atoms with E-state index in [9.17, 15) is 9.59 Å². The van der Waals surface area contributed by atoms with Crippen LogP contribution in [0.4, 0.5) is 16.2 Å². The number of hydrogen-bond acceptors (Lipinski definition) is 8. The summed E-state index contributed by atoms with van der Waals surface area (Å²) in [5, 5.41) is 7.15. The molecule has 0 spiro atoms. The number of nitrogens with zero attached hydrogens (tertiary/aromatic N) is 6. The molecule has 12 nitrogen and oxygen atoms in total. The van der Waals surface area contributed by atoms with Gasteiger partial charge in [0.05, 0.1) is 25.1 Å². The molecule has 196 valence electrons. The molecule has 0 saturated heterocycles. The molecule has 37 heavy (non-hydrogen) atoms. The van der Waals surface area contributed by atoms with Gasteiger partial charge in [-0.1, -0.05) is 11.6 Å². The van der Waals surface area contributed by atoms with E-state index < -0.39 is 17.6 Å². The van der Waals surface area contributed by atoms with E-state index >= 15 is 0 Å². The van der Waals surface area contributed by atoms with E-state index in [0.29, 0.717) is 11.4 Å². The van der Waals surface area contributed by atoms with Crippen LogP contribution < -0.4 is 16.0 Å². The van der Waals surface area contributed by atoms with Crippen LogP contribution in [0, 0.1) is 0 Å². The number of carbonyl (C=O) groups excluding carboxylic acids is 2. The molecule has 4 rings (SSSR count). The van der Waals surface area contributed by atoms with Crippen molar-refractivity contribution in [2.24, 2.45) is 0 Å². The number of fused-ring (bicyclic) bond motifs is 2. The normalized spacial score (nSPS) is 12.6. The summed E-state index contributed by atoms with van der Waals surface area (Å²) in [4.78, 5) is 35.5. The lowest BCUT2D eigenvalue weighted by atomic mass is 10.2. The molecule has 1 atom stereocenters. The number of nitrogens with two attached hydrogens (primary N) is 1. The van der Waals surface area contributed by atoms with E-state index in [4.69, 9.17) is 26.8 Å². The highest BCUT2D eigenvalue weighted by atomic mass is 35.5. The molecule has 0 aliphatic rings. The van der Waals surface area contributed by atoms with E-state index in [0.717, 1.165) is 11.2 Å². The van der Waals surface area contributed by atoms with Crippen LogP contribution in [0.2, 0.25) is 5.15 Å². The van der Waals surface area contributed by atoms with Gasteiger partial charge in [-0.3, -0.25) is 9.69 Å². The summed E-state index contributed by atoms with van der Waals surface area (Å²) in [6.45, 7) is 7.63. The Bertz CT molecular complexity index is 1460. The van der Waals surface area contributed by atoms with Crippen molar-refractivity contribution in [3.8, 4) is 0 Å². The Balaban J connectivity index is 1.44. The Morgan fingerprint density at radius 3 is 2.73 bits per heavy atom. The van der Waals surface area contributed by atoms with Crippen LogP contribution in [0.1, 0.15) is 43.7 Å². The van der Waals surface area contributed by atoms with Crippen LogP contribution in [0.25, 0.3) is 11.3 Å². The number of nitrogens with one attached hydrogen (secondary N) is 1. The minimum atomic E-state index is -0.686. The average molecular weight is 529 g/mol. The quantitative estimate of drug-likeness (QED) is 0.372. The lowest BCUT2D eigenvalue weighted by Gasteiger charge is -2.24. The topological polar surface area (TPSA) is 141 Å². The molecule has 0 fully saturated rings. The zero-order valence-corrected chi connectivity index (χ0v) is 22.0. The van der Waals surface area contributed by atoms with E-state index in [-0.39, 0.29) is 35.7 Å². The van der Waals surface area contributed by atoms with Crippen molar-refractivity contribution in [1.82, 2.24) is 29.3 Å². The fourth-order valence-electron chi connectivity index (χ4n) is 3.67. The number of imidazole rings is 2. The van der Waals surface area contributed by atoms with E-state index in [1.165, 1.54) is 28.7 Å². The van der Waals surface area contributed by atoms with E-state index in [1.54, 1.807) is 33.2 Å². The molecule has 0 aliphatic carbocycles. The van der Waals surface area contributed by atoms with Crippen molar-refractivity contribution in [3.63, 3.8) is 0 Å². The number of carbonyl (C=O) groups is 2. The minimum Gasteiger partial charge on any atom is -0.443 e. The van der Waals surface area contributed by atoms with Gasteiger partial charge < -0.3 is 24.9 Å². The van der Waals surface area contributed by atoms with Crippen molar-refractivity contribution in [1.29, 1.82) is 0 Å². The number of anilines is 2. The maximum absolute atomic E-state index is 13.0. The van der Waals surface area contributed by atoms with Crippen LogP contribution in [0.5, 0.6) is 0 Å². The monoisotopic (exact) mass is 528 g/mol. The molecule has 4 heterocycles. The number of amides is 2. The van der Waals surface area contributed by atoms with Crippen molar-refractivity contribution in [2.75, 3.05) is 24.3 Å². The van der Waals surface area contributed by atoms with Crippen LogP contribution in [-0.4, -0.2) is 61.3 Å². The smallest absolute Gasteiger partial charge is 0.414 e. The Morgan fingerprint density at radius 1 is 1.24 bits per heavy atom. The molecule has 0 bridgehead atoms. The Kier molecular flexibility index (Phi) is 7.23. The summed E-state index contributed by atoms with van der Waals surface area (Å²) in [6, 6.07) is 2.96. The van der Waals surface area contributed by atoms with Crippen molar-refractivity contribution in [2.45, 2.75) is 45.9 Å². The van der Waals surface area contributed by atoms with Gasteiger partial charge >= 0.3 is 6.09 Å². The molecule has 0 aromatic carbocycles. The zero-order valence-electron chi connectivity index (χ0n) is 21.2. The second-order valence-electron chi connectivity index (χ2n) is 9.62. The van der Waals surface area contributed by atoms with Crippen LogP contribution in [-0.2, 0) is 16.1 Å². The number of rotatable bonds is 7. The largest absolute Gasteiger partial charge is 0.443 e. The van der Waals surface area contributed by atoms with Gasteiger partial charge in [-0.05, 0) is 33.8 Å². The van der Waals surface area contributed by atoms with Crippen molar-refractivity contribution >= 4 is 46.3 Å². The van der Waals surface area contributed by atoms with Gasteiger partial charge in [0.15, 0.2) is 16.5 Å². The SMILES string of the molecule is C[C@H](COCc1cc(N)cn2ccnc12)NC(=O)c1cnc2c(N(C)C(=O)OC(C)(C)C)cc(Cl)nn12. The second kappa shape index (κ2) is 10.2. The van der Waals surface area contributed by atoms with E-state index in [2.05, 4.69) is 20.4 Å². The summed E-state index contributed by atoms with van der Waals surface area (Å²) >= 11 is 6.21. The van der Waals surface area contributed by atoms with Gasteiger partial charge in [-0.2, -0.15) is 5.10 Å². The van der Waals surface area contributed by atoms with E-state index in [1.807, 2.05) is 23.6 Å². The maximum Gasteiger partial charge on any atom is 0.414 e. The van der Waals surface area contributed by atoms with Gasteiger partial charge in [0.2, 0.25) is 0 Å². The molecule has 4 aromatic heterocycles. The lowest BCUT2D eigenvalue weighted by Crippen LogP contribution is -2.36. The molecule has 2 amide bonds. The molecule has 0 unspecified atom stereocenters. The standard InChI is InChI=1S/C24H29ClN8O4/c1-14(12-36-13-15-8-16(26)11-32-7-6-27-20(15)32)29-22(34)18-10-28-21-17(9-19(25)30-33(18)21)31(5)23(35)37-24(2,3)4/h6-11,14H,12-13,26H2,1-5H3,(H,29,34)/t14-/m1/s1. The van der Waals surface area contributed by atoms with Crippen molar-refractivity contribution in [3.05, 3.63) is 53.3 Å². The first-order chi connectivity index (χ1) is 17.4. The number of nitrogen functional groups attached to an aromatic ring is 1. The highest BCUT2D eigenvalue weighted by Gasteiger charge is 2.25. The number of aromatic nitrogens is 5. The second-order valence-corrected chi connectivity index (χ2v) is 10.0. The molecular formula is C24H29ClN8O4. The van der Waals surface area contributed by atoms with Crippen molar-refractivity contribution < 1.29 is 19.1 Å². The molecule has 0 aliphatic heterocycles. The summed E-state index contributed by atoms with van der Waals surface area (Å²) in [7, 11) is 1.53. The fraction of sp³-hybridized carbons (Fsp3) is 0.375. The number of pyridine rings is 1. The zero-order chi connectivity index (χ0) is 26.9. The predicted octanol–water partition coefficient (Wildman–Crippen LogP) is 3.32. The molecule has 4 aromatic rings. The van der Waals surface area contributed by atoms with Crippen LogP contribution in [0.15, 0.2) is 36.9 Å². The summed E-state index contributed by atoms with van der Waals surface area (Å²) in [6.07, 6.45) is 6.06. The first-order valence-electron chi connectivity index (χ1n) is 11.5. The molecule has 0 saturated carbocycles. The molecule has 13 heteroatoms.